The molecule has 0 unspecified atom stereocenters. The monoisotopic (exact) mass is 451 g/mol. The third-order valence-corrected chi connectivity index (χ3v) is 6.57. The van der Waals surface area contributed by atoms with E-state index in [9.17, 15) is 4.79 Å². The molecule has 34 heavy (non-hydrogen) atoms. The van der Waals surface area contributed by atoms with E-state index in [1.165, 1.54) is 5.56 Å². The summed E-state index contributed by atoms with van der Waals surface area (Å²) in [5.74, 6) is 0.791. The summed E-state index contributed by atoms with van der Waals surface area (Å²) < 4.78 is 3.85. The van der Waals surface area contributed by atoms with Gasteiger partial charge in [0.15, 0.2) is 17.1 Å². The molecule has 6 rings (SSSR count). The summed E-state index contributed by atoms with van der Waals surface area (Å²) in [6.45, 7) is 5.29. The van der Waals surface area contributed by atoms with Crippen molar-refractivity contribution in [2.75, 3.05) is 6.54 Å². The highest BCUT2D eigenvalue weighted by atomic mass is 16.2. The van der Waals surface area contributed by atoms with Crippen LogP contribution in [0.2, 0.25) is 0 Å². The Kier molecular flexibility index (Phi) is 4.86. The number of hydrogen-bond donors (Lipinski definition) is 0. The van der Waals surface area contributed by atoms with Crippen molar-refractivity contribution in [1.29, 1.82) is 0 Å². The number of carbonyl (C=O) groups is 1. The number of aromatic nitrogens is 6. The standard InChI is InChI=1S/C26H25N7O/c1-17-8-10-19(11-9-17)16-33-24-21(15-27-33)20(14-18(2)28-24)26(34)31-13-5-6-22(31)25-30-29-23-7-3-4-12-32(23)25/h3-4,7-12,14-15,22H,5-6,13,16H2,1-2H3/t22-/m1/s1. The molecule has 0 radical (unpaired) electrons. The zero-order valence-corrected chi connectivity index (χ0v) is 19.2. The van der Waals surface area contributed by atoms with Crippen LogP contribution in [0.25, 0.3) is 16.7 Å². The van der Waals surface area contributed by atoms with E-state index in [1.54, 1.807) is 6.20 Å². The molecule has 1 aliphatic heterocycles. The van der Waals surface area contributed by atoms with Crippen molar-refractivity contribution in [3.8, 4) is 0 Å². The van der Waals surface area contributed by atoms with E-state index in [4.69, 9.17) is 4.98 Å². The van der Waals surface area contributed by atoms with Crippen LogP contribution < -0.4 is 0 Å². The highest BCUT2D eigenvalue weighted by molar-refractivity contribution is 6.05. The van der Waals surface area contributed by atoms with Crippen molar-refractivity contribution < 1.29 is 4.79 Å². The average molecular weight is 452 g/mol. The Bertz CT molecular complexity index is 1520. The van der Waals surface area contributed by atoms with Gasteiger partial charge in [0.1, 0.15) is 0 Å². The lowest BCUT2D eigenvalue weighted by Crippen LogP contribution is -2.31. The van der Waals surface area contributed by atoms with Crippen molar-refractivity contribution >= 4 is 22.6 Å². The molecule has 1 aliphatic rings. The van der Waals surface area contributed by atoms with Crippen LogP contribution in [0.3, 0.4) is 0 Å². The lowest BCUT2D eigenvalue weighted by Gasteiger charge is -2.24. The van der Waals surface area contributed by atoms with Crippen LogP contribution in [0.5, 0.6) is 0 Å². The second-order valence-corrected chi connectivity index (χ2v) is 8.98. The first-order chi connectivity index (χ1) is 16.6. The first kappa shape index (κ1) is 20.5. The summed E-state index contributed by atoms with van der Waals surface area (Å²) in [5, 5.41) is 14.1. The van der Waals surface area contributed by atoms with Gasteiger partial charge >= 0.3 is 0 Å². The second-order valence-electron chi connectivity index (χ2n) is 8.98. The highest BCUT2D eigenvalue weighted by Crippen LogP contribution is 2.33. The lowest BCUT2D eigenvalue weighted by molar-refractivity contribution is 0.0731. The van der Waals surface area contributed by atoms with Gasteiger partial charge < -0.3 is 4.90 Å². The molecule has 4 aromatic heterocycles. The summed E-state index contributed by atoms with van der Waals surface area (Å²) in [4.78, 5) is 20.5. The number of carbonyl (C=O) groups excluding carboxylic acids is 1. The van der Waals surface area contributed by atoms with Crippen LogP contribution in [0.15, 0.2) is 60.9 Å². The predicted molar refractivity (Wildman–Crippen MR) is 129 cm³/mol. The van der Waals surface area contributed by atoms with Gasteiger partial charge in [-0.15, -0.1) is 10.2 Å². The van der Waals surface area contributed by atoms with E-state index < -0.39 is 0 Å². The molecule has 1 saturated heterocycles. The number of fused-ring (bicyclic) bond motifs is 2. The van der Waals surface area contributed by atoms with E-state index in [1.807, 2.05) is 51.4 Å². The van der Waals surface area contributed by atoms with Crippen molar-refractivity contribution in [1.82, 2.24) is 34.3 Å². The number of nitrogens with zero attached hydrogens (tertiary/aromatic N) is 7. The van der Waals surface area contributed by atoms with Gasteiger partial charge in [0, 0.05) is 18.4 Å². The average Bonchev–Trinajstić information content (AvgIpc) is 3.58. The Balaban J connectivity index is 1.37. The van der Waals surface area contributed by atoms with E-state index in [-0.39, 0.29) is 11.9 Å². The van der Waals surface area contributed by atoms with E-state index in [0.29, 0.717) is 18.7 Å². The normalized spacial score (nSPS) is 16.1. The van der Waals surface area contributed by atoms with Crippen LogP contribution in [0.1, 0.15) is 51.9 Å². The van der Waals surface area contributed by atoms with Gasteiger partial charge in [-0.2, -0.15) is 5.10 Å². The summed E-state index contributed by atoms with van der Waals surface area (Å²) in [6, 6.07) is 16.0. The Morgan fingerprint density at radius 1 is 1.09 bits per heavy atom. The summed E-state index contributed by atoms with van der Waals surface area (Å²) >= 11 is 0. The highest BCUT2D eigenvalue weighted by Gasteiger charge is 2.34. The number of rotatable bonds is 4. The Morgan fingerprint density at radius 2 is 1.94 bits per heavy atom. The molecule has 170 valence electrons. The van der Waals surface area contributed by atoms with E-state index >= 15 is 0 Å². The Hall–Kier alpha value is -4.07. The Labute approximate surface area is 196 Å². The van der Waals surface area contributed by atoms with Crippen LogP contribution in [0, 0.1) is 13.8 Å². The molecular weight excluding hydrogens is 426 g/mol. The van der Waals surface area contributed by atoms with Crippen LogP contribution in [0.4, 0.5) is 0 Å². The maximum absolute atomic E-state index is 13.9. The minimum absolute atomic E-state index is 0.0134. The van der Waals surface area contributed by atoms with Crippen molar-refractivity contribution in [3.63, 3.8) is 0 Å². The molecule has 0 aliphatic carbocycles. The Morgan fingerprint density at radius 3 is 2.79 bits per heavy atom. The molecule has 0 saturated carbocycles. The van der Waals surface area contributed by atoms with E-state index in [0.717, 1.165) is 46.6 Å². The fourth-order valence-corrected chi connectivity index (χ4v) is 4.85. The predicted octanol–water partition coefficient (Wildman–Crippen LogP) is 4.12. The number of likely N-dealkylation sites (tertiary alicyclic amines) is 1. The molecule has 0 N–H and O–H groups in total. The molecule has 5 aromatic rings. The SMILES string of the molecule is Cc1ccc(Cn2ncc3c(C(=O)N4CCC[C@@H]4c4nnc5ccccn45)cc(C)nc32)cc1. The van der Waals surface area contributed by atoms with Gasteiger partial charge in [-0.1, -0.05) is 35.9 Å². The van der Waals surface area contributed by atoms with Crippen molar-refractivity contribution in [2.24, 2.45) is 0 Å². The smallest absolute Gasteiger partial charge is 0.255 e. The van der Waals surface area contributed by atoms with Gasteiger partial charge in [-0.3, -0.25) is 9.20 Å². The van der Waals surface area contributed by atoms with Crippen LogP contribution in [-0.4, -0.2) is 46.7 Å². The molecule has 0 bridgehead atoms. The maximum Gasteiger partial charge on any atom is 0.255 e. The molecule has 1 aromatic carbocycles. The summed E-state index contributed by atoms with van der Waals surface area (Å²) in [7, 11) is 0. The minimum Gasteiger partial charge on any atom is -0.328 e. The summed E-state index contributed by atoms with van der Waals surface area (Å²) in [6.07, 6.45) is 5.51. The van der Waals surface area contributed by atoms with Crippen molar-refractivity contribution in [2.45, 2.75) is 39.3 Å². The lowest BCUT2D eigenvalue weighted by atomic mass is 10.1. The first-order valence-corrected chi connectivity index (χ1v) is 11.6. The second kappa shape index (κ2) is 8.06. The zero-order valence-electron chi connectivity index (χ0n) is 19.2. The van der Waals surface area contributed by atoms with Crippen LogP contribution in [-0.2, 0) is 6.54 Å². The fourth-order valence-electron chi connectivity index (χ4n) is 4.85. The quantitative estimate of drug-likeness (QED) is 0.411. The van der Waals surface area contributed by atoms with Crippen molar-refractivity contribution in [3.05, 3.63) is 89.1 Å². The third kappa shape index (κ3) is 3.42. The van der Waals surface area contributed by atoms with Gasteiger partial charge in [-0.05, 0) is 50.5 Å². The number of pyridine rings is 2. The van der Waals surface area contributed by atoms with Gasteiger partial charge in [0.05, 0.1) is 29.7 Å². The molecule has 1 atom stereocenters. The third-order valence-electron chi connectivity index (χ3n) is 6.57. The fraction of sp³-hybridized carbons (Fsp3) is 0.269. The first-order valence-electron chi connectivity index (χ1n) is 11.6. The molecule has 1 fully saturated rings. The van der Waals surface area contributed by atoms with Gasteiger partial charge in [-0.25, -0.2) is 9.67 Å². The van der Waals surface area contributed by atoms with Gasteiger partial charge in [0.2, 0.25) is 0 Å². The zero-order chi connectivity index (χ0) is 23.2. The number of aryl methyl sites for hydroxylation is 2. The molecule has 1 amide bonds. The largest absolute Gasteiger partial charge is 0.328 e. The molecule has 5 heterocycles. The maximum atomic E-state index is 13.9. The number of benzene rings is 1. The molecule has 0 spiro atoms. The topological polar surface area (TPSA) is 81.2 Å². The molecule has 8 heteroatoms. The summed E-state index contributed by atoms with van der Waals surface area (Å²) in [5.41, 5.74) is 5.31. The number of hydrogen-bond acceptors (Lipinski definition) is 5. The van der Waals surface area contributed by atoms with E-state index in [2.05, 4.69) is 46.5 Å². The molecule has 8 nitrogen and oxygen atoms in total. The number of amides is 1. The van der Waals surface area contributed by atoms with Gasteiger partial charge in [0.25, 0.3) is 5.91 Å². The molecular formula is C26H25N7O. The minimum atomic E-state index is -0.115. The van der Waals surface area contributed by atoms with Crippen LogP contribution >= 0.6 is 0 Å².